The van der Waals surface area contributed by atoms with Gasteiger partial charge in [-0.1, -0.05) is 18.3 Å². The number of rotatable bonds is 4. The van der Waals surface area contributed by atoms with Crippen molar-refractivity contribution in [2.24, 2.45) is 5.92 Å². The van der Waals surface area contributed by atoms with Crippen LogP contribution in [0.5, 0.6) is 0 Å². The van der Waals surface area contributed by atoms with E-state index in [0.29, 0.717) is 18.2 Å². The van der Waals surface area contributed by atoms with Crippen molar-refractivity contribution < 1.29 is 9.59 Å². The van der Waals surface area contributed by atoms with Crippen LogP contribution in [0.15, 0.2) is 0 Å². The van der Waals surface area contributed by atoms with Crippen LogP contribution in [-0.4, -0.2) is 59.1 Å². The van der Waals surface area contributed by atoms with Gasteiger partial charge in [-0.05, 0) is 19.3 Å². The summed E-state index contributed by atoms with van der Waals surface area (Å²) >= 11 is 1.42. The van der Waals surface area contributed by atoms with Crippen molar-refractivity contribution in [2.45, 2.75) is 32.6 Å². The lowest BCUT2D eigenvalue weighted by molar-refractivity contribution is -0.121. The van der Waals surface area contributed by atoms with Crippen molar-refractivity contribution in [3.8, 4) is 0 Å². The topological polar surface area (TPSA) is 78.4 Å². The highest BCUT2D eigenvalue weighted by atomic mass is 32.1. The lowest BCUT2D eigenvalue weighted by Gasteiger charge is -2.33. The monoisotopic (exact) mass is 325 g/mol. The number of carbonyl (C=O) groups excluding carboxylic acids is 2. The standard InChI is InChI=1S/C14H23N5O2S/c1-4-6-11-16-17-13(22-11)15-12(20)10-7-5-8-19(9-10)14(21)18(2)3/h10H,4-9H2,1-3H3,(H,15,17,20)/t10-/m0/s1. The first-order chi connectivity index (χ1) is 10.5. The van der Waals surface area contributed by atoms with E-state index in [0.717, 1.165) is 30.7 Å². The molecule has 1 aliphatic heterocycles. The number of piperidine rings is 1. The molecule has 1 atom stereocenters. The van der Waals surface area contributed by atoms with Crippen molar-refractivity contribution in [2.75, 3.05) is 32.5 Å². The van der Waals surface area contributed by atoms with Crippen molar-refractivity contribution in [1.29, 1.82) is 0 Å². The number of amides is 3. The summed E-state index contributed by atoms with van der Waals surface area (Å²) in [4.78, 5) is 27.6. The molecule has 1 fully saturated rings. The Morgan fingerprint density at radius 2 is 2.18 bits per heavy atom. The quantitative estimate of drug-likeness (QED) is 0.916. The minimum absolute atomic E-state index is 0.0429. The van der Waals surface area contributed by atoms with Gasteiger partial charge in [0.05, 0.1) is 5.92 Å². The Labute approximate surface area is 134 Å². The molecule has 7 nitrogen and oxygen atoms in total. The Balaban J connectivity index is 1.92. The highest BCUT2D eigenvalue weighted by Crippen LogP contribution is 2.21. The summed E-state index contributed by atoms with van der Waals surface area (Å²) in [5.74, 6) is -0.258. The van der Waals surface area contributed by atoms with Crippen LogP contribution in [0.2, 0.25) is 0 Å². The number of hydrogen-bond donors (Lipinski definition) is 1. The van der Waals surface area contributed by atoms with Gasteiger partial charge < -0.3 is 15.1 Å². The fourth-order valence-corrected chi connectivity index (χ4v) is 3.32. The number of aromatic nitrogens is 2. The van der Waals surface area contributed by atoms with Gasteiger partial charge >= 0.3 is 6.03 Å². The third kappa shape index (κ3) is 4.16. The molecule has 22 heavy (non-hydrogen) atoms. The molecule has 8 heteroatoms. The van der Waals surface area contributed by atoms with E-state index in [4.69, 9.17) is 0 Å². The van der Waals surface area contributed by atoms with Gasteiger partial charge in [-0.25, -0.2) is 4.79 Å². The smallest absolute Gasteiger partial charge is 0.319 e. The number of aryl methyl sites for hydroxylation is 1. The van der Waals surface area contributed by atoms with Gasteiger partial charge in [0, 0.05) is 33.6 Å². The maximum absolute atomic E-state index is 12.3. The highest BCUT2D eigenvalue weighted by Gasteiger charge is 2.29. The third-order valence-electron chi connectivity index (χ3n) is 3.61. The van der Waals surface area contributed by atoms with E-state index >= 15 is 0 Å². The van der Waals surface area contributed by atoms with Crippen LogP contribution in [0.25, 0.3) is 0 Å². The summed E-state index contributed by atoms with van der Waals surface area (Å²) in [6.45, 7) is 3.25. The van der Waals surface area contributed by atoms with Crippen molar-refractivity contribution in [1.82, 2.24) is 20.0 Å². The lowest BCUT2D eigenvalue weighted by Crippen LogP contribution is -2.47. The second-order valence-electron chi connectivity index (χ2n) is 5.70. The molecule has 0 saturated carbocycles. The number of urea groups is 1. The molecule has 1 aliphatic rings. The van der Waals surface area contributed by atoms with Crippen LogP contribution in [0.4, 0.5) is 9.93 Å². The third-order valence-corrected chi connectivity index (χ3v) is 4.50. The van der Waals surface area contributed by atoms with Crippen LogP contribution in [0.1, 0.15) is 31.2 Å². The molecule has 1 aromatic rings. The average molecular weight is 325 g/mol. The SMILES string of the molecule is CCCc1nnc(NC(=O)[C@H]2CCCN(C(=O)N(C)C)C2)s1. The van der Waals surface area contributed by atoms with Gasteiger partial charge in [-0.2, -0.15) is 0 Å². The second-order valence-corrected chi connectivity index (χ2v) is 6.76. The average Bonchev–Trinajstić information content (AvgIpc) is 2.94. The van der Waals surface area contributed by atoms with Crippen molar-refractivity contribution in [3.05, 3.63) is 5.01 Å². The fraction of sp³-hybridized carbons (Fsp3) is 0.714. The Morgan fingerprint density at radius 1 is 1.41 bits per heavy atom. The Bertz CT molecular complexity index is 531. The molecular weight excluding hydrogens is 302 g/mol. The van der Waals surface area contributed by atoms with Crippen molar-refractivity contribution >= 4 is 28.4 Å². The molecule has 0 aromatic carbocycles. The van der Waals surface area contributed by atoms with Crippen LogP contribution in [0.3, 0.4) is 0 Å². The summed E-state index contributed by atoms with van der Waals surface area (Å²) < 4.78 is 0. The van der Waals surface area contributed by atoms with Crippen LogP contribution >= 0.6 is 11.3 Å². The van der Waals surface area contributed by atoms with Crippen molar-refractivity contribution in [3.63, 3.8) is 0 Å². The summed E-state index contributed by atoms with van der Waals surface area (Å²) in [5, 5.41) is 12.4. The molecule has 0 unspecified atom stereocenters. The van der Waals surface area contributed by atoms with E-state index in [1.165, 1.54) is 11.3 Å². The minimum Gasteiger partial charge on any atom is -0.331 e. The first-order valence-corrected chi connectivity index (χ1v) is 8.42. The molecule has 2 heterocycles. The highest BCUT2D eigenvalue weighted by molar-refractivity contribution is 7.15. The number of anilines is 1. The van der Waals surface area contributed by atoms with Crippen LogP contribution in [0, 0.1) is 5.92 Å². The number of hydrogen-bond acceptors (Lipinski definition) is 5. The molecule has 0 spiro atoms. The van der Waals surface area contributed by atoms with E-state index < -0.39 is 0 Å². The molecule has 0 aliphatic carbocycles. The molecule has 1 saturated heterocycles. The zero-order valence-corrected chi connectivity index (χ0v) is 14.2. The van der Waals surface area contributed by atoms with Gasteiger partial charge in [0.2, 0.25) is 11.0 Å². The summed E-state index contributed by atoms with van der Waals surface area (Å²) in [6, 6.07) is -0.0429. The largest absolute Gasteiger partial charge is 0.331 e. The van der Waals surface area contributed by atoms with Gasteiger partial charge in [0.25, 0.3) is 0 Å². The fourth-order valence-electron chi connectivity index (χ4n) is 2.47. The molecule has 122 valence electrons. The zero-order chi connectivity index (χ0) is 16.1. The summed E-state index contributed by atoms with van der Waals surface area (Å²) in [6.07, 6.45) is 3.52. The first kappa shape index (κ1) is 16.7. The van der Waals surface area contributed by atoms with Crippen LogP contribution < -0.4 is 5.32 Å². The van der Waals surface area contributed by atoms with E-state index in [9.17, 15) is 9.59 Å². The van der Waals surface area contributed by atoms with Gasteiger partial charge in [-0.3, -0.25) is 4.79 Å². The molecule has 1 aromatic heterocycles. The van der Waals surface area contributed by atoms with E-state index in [2.05, 4.69) is 22.4 Å². The Hall–Kier alpha value is -1.70. The maximum atomic E-state index is 12.3. The second kappa shape index (κ2) is 7.53. The van der Waals surface area contributed by atoms with E-state index in [1.54, 1.807) is 23.9 Å². The Morgan fingerprint density at radius 3 is 2.86 bits per heavy atom. The number of likely N-dealkylation sites (tertiary alicyclic amines) is 1. The Kier molecular flexibility index (Phi) is 5.70. The van der Waals surface area contributed by atoms with Gasteiger partial charge in [0.15, 0.2) is 0 Å². The van der Waals surface area contributed by atoms with Gasteiger partial charge in [-0.15, -0.1) is 10.2 Å². The summed E-state index contributed by atoms with van der Waals surface area (Å²) in [7, 11) is 3.45. The predicted octanol–water partition coefficient (Wildman–Crippen LogP) is 1.82. The number of nitrogens with zero attached hydrogens (tertiary/aromatic N) is 4. The molecule has 0 radical (unpaired) electrons. The normalized spacial score (nSPS) is 18.1. The van der Waals surface area contributed by atoms with Crippen LogP contribution in [-0.2, 0) is 11.2 Å². The molecule has 1 N–H and O–H groups in total. The molecular formula is C14H23N5O2S. The number of carbonyl (C=O) groups is 2. The molecule has 3 amide bonds. The summed E-state index contributed by atoms with van der Waals surface area (Å²) in [5.41, 5.74) is 0. The zero-order valence-electron chi connectivity index (χ0n) is 13.3. The van der Waals surface area contributed by atoms with E-state index in [1.807, 2.05) is 0 Å². The predicted molar refractivity (Wildman–Crippen MR) is 85.9 cm³/mol. The number of nitrogens with one attached hydrogen (secondary N) is 1. The molecule has 2 rings (SSSR count). The first-order valence-electron chi connectivity index (χ1n) is 7.60. The molecule has 0 bridgehead atoms. The minimum atomic E-state index is -0.184. The maximum Gasteiger partial charge on any atom is 0.319 e. The van der Waals surface area contributed by atoms with E-state index in [-0.39, 0.29) is 17.9 Å². The lowest BCUT2D eigenvalue weighted by atomic mass is 9.97. The van der Waals surface area contributed by atoms with Gasteiger partial charge in [0.1, 0.15) is 5.01 Å².